The topological polar surface area (TPSA) is 55.6 Å². The second-order valence-corrected chi connectivity index (χ2v) is 2.16. The Balaban J connectivity index is 0. The van der Waals surface area contributed by atoms with Gasteiger partial charge in [0.2, 0.25) is 0 Å². The molecule has 4 nitrogen and oxygen atoms in total. The van der Waals surface area contributed by atoms with Crippen LogP contribution in [0.25, 0.3) is 0 Å². The first-order valence-electron chi connectivity index (χ1n) is 4.34. The highest BCUT2D eigenvalue weighted by Crippen LogP contribution is 1.92. The summed E-state index contributed by atoms with van der Waals surface area (Å²) in [6.07, 6.45) is 1.56. The van der Waals surface area contributed by atoms with E-state index in [1.165, 1.54) is 4.90 Å². The van der Waals surface area contributed by atoms with Crippen LogP contribution in [0.5, 0.6) is 0 Å². The van der Waals surface area contributed by atoms with Crippen molar-refractivity contribution < 1.29 is 9.63 Å². The van der Waals surface area contributed by atoms with Gasteiger partial charge in [0.15, 0.2) is 0 Å². The van der Waals surface area contributed by atoms with Crippen LogP contribution < -0.4 is 5.90 Å². The quantitative estimate of drug-likeness (QED) is 0.666. The average Bonchev–Trinajstić information content (AvgIpc) is 2.16. The number of nitrogens with zero attached hydrogens (tertiary/aromatic N) is 1. The zero-order valence-electron chi connectivity index (χ0n) is 8.46. The first-order valence-corrected chi connectivity index (χ1v) is 4.34. The van der Waals surface area contributed by atoms with Crippen molar-refractivity contribution in [2.24, 2.45) is 5.90 Å². The minimum absolute atomic E-state index is 0.478. The van der Waals surface area contributed by atoms with E-state index in [4.69, 9.17) is 0 Å². The zero-order valence-corrected chi connectivity index (χ0v) is 8.46. The summed E-state index contributed by atoms with van der Waals surface area (Å²) in [5.74, 6) is 4.65. The van der Waals surface area contributed by atoms with Gasteiger partial charge in [0, 0.05) is 13.6 Å². The molecule has 0 fully saturated rings. The van der Waals surface area contributed by atoms with Gasteiger partial charge in [0.1, 0.15) is 0 Å². The van der Waals surface area contributed by atoms with Gasteiger partial charge in [-0.2, -0.15) is 5.90 Å². The first-order chi connectivity index (χ1) is 5.72. The number of carbonyl (C=O) groups excluding carboxylic acids is 1. The summed E-state index contributed by atoms with van der Waals surface area (Å²) in [7, 11) is 1.66. The fourth-order valence-corrected chi connectivity index (χ4v) is 0.577. The van der Waals surface area contributed by atoms with Crippen LogP contribution in [0, 0.1) is 0 Å². The largest absolute Gasteiger partial charge is 0.428 e. The summed E-state index contributed by atoms with van der Waals surface area (Å²) in [6, 6.07) is 0. The summed E-state index contributed by atoms with van der Waals surface area (Å²) in [5.41, 5.74) is 0. The van der Waals surface area contributed by atoms with Crippen molar-refractivity contribution in [3.8, 4) is 0 Å². The van der Waals surface area contributed by atoms with Gasteiger partial charge < -0.3 is 9.74 Å². The number of unbranched alkanes of at least 4 members (excludes halogenated alkanes) is 1. The molecule has 0 spiro atoms. The van der Waals surface area contributed by atoms with Crippen molar-refractivity contribution in [1.29, 1.82) is 0 Å². The van der Waals surface area contributed by atoms with E-state index in [0.717, 1.165) is 12.8 Å². The first kappa shape index (κ1) is 13.8. The Labute approximate surface area is 74.6 Å². The predicted octanol–water partition coefficient (Wildman–Crippen LogP) is 1.75. The summed E-state index contributed by atoms with van der Waals surface area (Å²) < 4.78 is 0. The average molecular weight is 176 g/mol. The van der Waals surface area contributed by atoms with E-state index in [0.29, 0.717) is 6.54 Å². The molecule has 1 amide bonds. The Hall–Kier alpha value is -0.770. The molecule has 0 rings (SSSR count). The van der Waals surface area contributed by atoms with Crippen LogP contribution in [0.4, 0.5) is 4.79 Å². The molecule has 0 aliphatic carbocycles. The molecule has 0 atom stereocenters. The summed E-state index contributed by atoms with van der Waals surface area (Å²) in [6.45, 7) is 6.76. The monoisotopic (exact) mass is 176 g/mol. The standard InChI is InChI=1S/C6H14N2O2.C2H6/c1-3-4-5-8(2)6(9)10-7;1-2/h3-5,7H2,1-2H3;1-2H3. The number of nitrogens with two attached hydrogens (primary N) is 1. The summed E-state index contributed by atoms with van der Waals surface area (Å²) in [4.78, 5) is 16.0. The van der Waals surface area contributed by atoms with Crippen LogP contribution in [-0.2, 0) is 4.84 Å². The minimum Gasteiger partial charge on any atom is -0.357 e. The Morgan fingerprint density at radius 3 is 2.33 bits per heavy atom. The highest BCUT2D eigenvalue weighted by Gasteiger charge is 2.05. The minimum atomic E-state index is -0.478. The smallest absolute Gasteiger partial charge is 0.357 e. The van der Waals surface area contributed by atoms with Crippen molar-refractivity contribution >= 4 is 6.09 Å². The maximum Gasteiger partial charge on any atom is 0.428 e. The Morgan fingerprint density at radius 2 is 2.00 bits per heavy atom. The van der Waals surface area contributed by atoms with Crippen molar-refractivity contribution in [1.82, 2.24) is 4.90 Å². The molecule has 0 heterocycles. The van der Waals surface area contributed by atoms with E-state index in [2.05, 4.69) is 17.7 Å². The third-order valence-electron chi connectivity index (χ3n) is 1.26. The van der Waals surface area contributed by atoms with Gasteiger partial charge in [-0.05, 0) is 6.42 Å². The molecule has 0 saturated heterocycles. The molecule has 12 heavy (non-hydrogen) atoms. The third kappa shape index (κ3) is 7.34. The second kappa shape index (κ2) is 10.2. The van der Waals surface area contributed by atoms with Crippen molar-refractivity contribution in [3.05, 3.63) is 0 Å². The van der Waals surface area contributed by atoms with Gasteiger partial charge >= 0.3 is 6.09 Å². The Kier molecular flexibility index (Phi) is 11.8. The number of rotatable bonds is 3. The second-order valence-electron chi connectivity index (χ2n) is 2.16. The molecule has 2 N–H and O–H groups in total. The van der Waals surface area contributed by atoms with Gasteiger partial charge in [-0.25, -0.2) is 4.79 Å². The lowest BCUT2D eigenvalue weighted by Gasteiger charge is -2.13. The van der Waals surface area contributed by atoms with Gasteiger partial charge in [-0.1, -0.05) is 27.2 Å². The Morgan fingerprint density at radius 1 is 1.50 bits per heavy atom. The van der Waals surface area contributed by atoms with Gasteiger partial charge in [-0.15, -0.1) is 0 Å². The zero-order chi connectivity index (χ0) is 9.98. The summed E-state index contributed by atoms with van der Waals surface area (Å²) >= 11 is 0. The lowest BCUT2D eigenvalue weighted by Crippen LogP contribution is -2.30. The SMILES string of the molecule is CC.CCCCN(C)C(=O)ON. The van der Waals surface area contributed by atoms with E-state index in [1.807, 2.05) is 13.8 Å². The van der Waals surface area contributed by atoms with Crippen molar-refractivity contribution in [2.75, 3.05) is 13.6 Å². The molecule has 0 bridgehead atoms. The number of carbonyl (C=O) groups is 1. The van der Waals surface area contributed by atoms with E-state index < -0.39 is 6.09 Å². The van der Waals surface area contributed by atoms with E-state index in [1.54, 1.807) is 7.05 Å². The molecular formula is C8H20N2O2. The third-order valence-corrected chi connectivity index (χ3v) is 1.26. The molecule has 0 radical (unpaired) electrons. The molecule has 0 saturated carbocycles. The van der Waals surface area contributed by atoms with Crippen molar-refractivity contribution in [2.45, 2.75) is 33.6 Å². The van der Waals surface area contributed by atoms with Gasteiger partial charge in [0.05, 0.1) is 0 Å². The van der Waals surface area contributed by atoms with Crippen LogP contribution in [-0.4, -0.2) is 24.6 Å². The van der Waals surface area contributed by atoms with Gasteiger partial charge in [0.25, 0.3) is 0 Å². The normalized spacial score (nSPS) is 8.08. The fraction of sp³-hybridized carbons (Fsp3) is 0.875. The van der Waals surface area contributed by atoms with Crippen LogP contribution >= 0.6 is 0 Å². The predicted molar refractivity (Wildman–Crippen MR) is 49.6 cm³/mol. The molecule has 74 valence electrons. The molecule has 0 aromatic heterocycles. The maximum atomic E-state index is 10.6. The Bertz CT molecular complexity index is 107. The molecule has 0 aromatic rings. The van der Waals surface area contributed by atoms with Gasteiger partial charge in [-0.3, -0.25) is 0 Å². The number of hydrogen-bond acceptors (Lipinski definition) is 3. The fourth-order valence-electron chi connectivity index (χ4n) is 0.577. The highest BCUT2D eigenvalue weighted by molar-refractivity contribution is 5.66. The van der Waals surface area contributed by atoms with E-state index in [-0.39, 0.29) is 0 Å². The lowest BCUT2D eigenvalue weighted by atomic mass is 10.3. The molecule has 0 aromatic carbocycles. The molecule has 0 unspecified atom stereocenters. The maximum absolute atomic E-state index is 10.6. The molecule has 0 aliphatic heterocycles. The lowest BCUT2D eigenvalue weighted by molar-refractivity contribution is 0.111. The molecule has 0 aliphatic rings. The van der Waals surface area contributed by atoms with Crippen molar-refractivity contribution in [3.63, 3.8) is 0 Å². The van der Waals surface area contributed by atoms with Crippen LogP contribution in [0.1, 0.15) is 33.6 Å². The highest BCUT2D eigenvalue weighted by atomic mass is 16.7. The number of hydrogen-bond donors (Lipinski definition) is 1. The molecular weight excluding hydrogens is 156 g/mol. The molecule has 4 heteroatoms. The van der Waals surface area contributed by atoms with Crippen LogP contribution in [0.3, 0.4) is 0 Å². The van der Waals surface area contributed by atoms with E-state index in [9.17, 15) is 4.79 Å². The van der Waals surface area contributed by atoms with Crippen LogP contribution in [0.2, 0.25) is 0 Å². The summed E-state index contributed by atoms with van der Waals surface area (Å²) in [5, 5.41) is 0. The van der Waals surface area contributed by atoms with Crippen LogP contribution in [0.15, 0.2) is 0 Å². The number of amides is 1. The van der Waals surface area contributed by atoms with E-state index >= 15 is 0 Å².